The molecule has 0 fully saturated rings. The summed E-state index contributed by atoms with van der Waals surface area (Å²) in [4.78, 5) is 23.1. The highest BCUT2D eigenvalue weighted by Gasteiger charge is 2.07. The molecule has 3 aromatic rings. The maximum atomic E-state index is 12.3. The van der Waals surface area contributed by atoms with E-state index in [1.807, 2.05) is 48.5 Å². The second-order valence-electron chi connectivity index (χ2n) is 6.22. The molecule has 140 valence electrons. The van der Waals surface area contributed by atoms with Gasteiger partial charge in [0.05, 0.1) is 5.52 Å². The molecule has 0 aliphatic heterocycles. The van der Waals surface area contributed by atoms with Crippen LogP contribution in [0.5, 0.6) is 0 Å². The number of hydrogen-bond donors (Lipinski definition) is 2. The molecule has 0 bridgehead atoms. The highest BCUT2D eigenvalue weighted by molar-refractivity contribution is 5.95. The summed E-state index contributed by atoms with van der Waals surface area (Å²) >= 11 is 0. The third-order valence-electron chi connectivity index (χ3n) is 4.56. The third kappa shape index (κ3) is 4.80. The van der Waals surface area contributed by atoms with Crippen molar-refractivity contribution < 1.29 is 4.79 Å². The number of nitrogens with zero attached hydrogens (tertiary/aromatic N) is 3. The van der Waals surface area contributed by atoms with Gasteiger partial charge in [-0.1, -0.05) is 26.0 Å². The molecule has 6 heteroatoms. The Labute approximate surface area is 159 Å². The van der Waals surface area contributed by atoms with Crippen molar-refractivity contribution in [1.29, 1.82) is 0 Å². The van der Waals surface area contributed by atoms with Gasteiger partial charge in [-0.05, 0) is 49.5 Å². The lowest BCUT2D eigenvalue weighted by atomic mass is 10.2. The number of anilines is 2. The number of hydrogen-bond acceptors (Lipinski definition) is 5. The van der Waals surface area contributed by atoms with E-state index >= 15 is 0 Å². The molecule has 1 amide bonds. The number of aromatic nitrogens is 2. The topological polar surface area (TPSA) is 70.2 Å². The molecule has 2 aromatic carbocycles. The Kier molecular flexibility index (Phi) is 6.33. The molecular formula is C21H25N5O. The SMILES string of the molecule is CCN(CC)CCNC(=O)c1ccc(Nc2ncnc3ccccc23)cc1. The van der Waals surface area contributed by atoms with Crippen LogP contribution in [0.2, 0.25) is 0 Å². The number of carbonyl (C=O) groups excluding carboxylic acids is 1. The van der Waals surface area contributed by atoms with Gasteiger partial charge in [0, 0.05) is 29.7 Å². The number of benzene rings is 2. The molecule has 0 unspecified atom stereocenters. The standard InChI is InChI=1S/C21H25N5O/c1-3-26(4-2)14-13-22-21(27)16-9-11-17(12-10-16)25-20-18-7-5-6-8-19(18)23-15-24-20/h5-12,15H,3-4,13-14H2,1-2H3,(H,22,27)(H,23,24,25). The largest absolute Gasteiger partial charge is 0.351 e. The van der Waals surface area contributed by atoms with Crippen molar-refractivity contribution in [2.75, 3.05) is 31.5 Å². The van der Waals surface area contributed by atoms with Crippen LogP contribution in [-0.4, -0.2) is 47.0 Å². The number of nitrogens with one attached hydrogen (secondary N) is 2. The Morgan fingerprint density at radius 3 is 2.48 bits per heavy atom. The molecule has 1 heterocycles. The van der Waals surface area contributed by atoms with Gasteiger partial charge in [-0.3, -0.25) is 4.79 Å². The van der Waals surface area contributed by atoms with E-state index < -0.39 is 0 Å². The fraction of sp³-hybridized carbons (Fsp3) is 0.286. The fourth-order valence-electron chi connectivity index (χ4n) is 2.92. The van der Waals surface area contributed by atoms with Gasteiger partial charge in [-0.25, -0.2) is 9.97 Å². The smallest absolute Gasteiger partial charge is 0.251 e. The van der Waals surface area contributed by atoms with Crippen LogP contribution in [0.3, 0.4) is 0 Å². The normalized spacial score (nSPS) is 10.9. The van der Waals surface area contributed by atoms with E-state index in [1.54, 1.807) is 6.33 Å². The molecule has 3 rings (SSSR count). The van der Waals surface area contributed by atoms with E-state index in [2.05, 4.69) is 39.3 Å². The summed E-state index contributed by atoms with van der Waals surface area (Å²) in [6.07, 6.45) is 1.54. The number of carbonyl (C=O) groups is 1. The maximum absolute atomic E-state index is 12.3. The number of rotatable bonds is 8. The second kappa shape index (κ2) is 9.09. The van der Waals surface area contributed by atoms with Crippen LogP contribution in [0.4, 0.5) is 11.5 Å². The van der Waals surface area contributed by atoms with Crippen LogP contribution in [0.15, 0.2) is 54.9 Å². The molecule has 0 radical (unpaired) electrons. The lowest BCUT2D eigenvalue weighted by Crippen LogP contribution is -2.34. The highest BCUT2D eigenvalue weighted by Crippen LogP contribution is 2.22. The number of para-hydroxylation sites is 1. The number of fused-ring (bicyclic) bond motifs is 1. The Balaban J connectivity index is 1.62. The summed E-state index contributed by atoms with van der Waals surface area (Å²) < 4.78 is 0. The molecule has 2 N–H and O–H groups in total. The first kappa shape index (κ1) is 18.8. The van der Waals surface area contributed by atoms with E-state index in [4.69, 9.17) is 0 Å². The van der Waals surface area contributed by atoms with Crippen molar-refractivity contribution in [1.82, 2.24) is 20.2 Å². The first-order chi connectivity index (χ1) is 13.2. The van der Waals surface area contributed by atoms with E-state index in [0.717, 1.165) is 42.0 Å². The minimum absolute atomic E-state index is 0.0545. The first-order valence-electron chi connectivity index (χ1n) is 9.28. The average molecular weight is 363 g/mol. The molecule has 0 saturated carbocycles. The Hall–Kier alpha value is -2.99. The zero-order valence-electron chi connectivity index (χ0n) is 15.8. The second-order valence-corrected chi connectivity index (χ2v) is 6.22. The molecule has 0 aliphatic rings. The predicted octanol–water partition coefficient (Wildman–Crippen LogP) is 3.45. The van der Waals surface area contributed by atoms with Crippen molar-refractivity contribution in [2.45, 2.75) is 13.8 Å². The van der Waals surface area contributed by atoms with Gasteiger partial charge in [0.1, 0.15) is 12.1 Å². The number of likely N-dealkylation sites (N-methyl/N-ethyl adjacent to an activating group) is 1. The minimum atomic E-state index is -0.0545. The van der Waals surface area contributed by atoms with E-state index in [-0.39, 0.29) is 5.91 Å². The van der Waals surface area contributed by atoms with Crippen molar-refractivity contribution >= 4 is 28.3 Å². The highest BCUT2D eigenvalue weighted by atomic mass is 16.1. The van der Waals surface area contributed by atoms with Gasteiger partial charge in [0.15, 0.2) is 0 Å². The lowest BCUT2D eigenvalue weighted by Gasteiger charge is -2.18. The summed E-state index contributed by atoms with van der Waals surface area (Å²) in [5.41, 5.74) is 2.41. The summed E-state index contributed by atoms with van der Waals surface area (Å²) in [7, 11) is 0. The van der Waals surface area contributed by atoms with Crippen LogP contribution < -0.4 is 10.6 Å². The molecule has 0 saturated heterocycles. The molecule has 1 aromatic heterocycles. The first-order valence-corrected chi connectivity index (χ1v) is 9.28. The predicted molar refractivity (Wildman–Crippen MR) is 109 cm³/mol. The fourth-order valence-corrected chi connectivity index (χ4v) is 2.92. The Morgan fingerprint density at radius 1 is 1.00 bits per heavy atom. The summed E-state index contributed by atoms with van der Waals surface area (Å²) in [5, 5.41) is 7.22. The monoisotopic (exact) mass is 363 g/mol. The summed E-state index contributed by atoms with van der Waals surface area (Å²) in [6, 6.07) is 15.3. The molecule has 0 atom stereocenters. The Bertz CT molecular complexity index is 885. The van der Waals surface area contributed by atoms with Gasteiger partial charge >= 0.3 is 0 Å². The van der Waals surface area contributed by atoms with E-state index in [0.29, 0.717) is 12.1 Å². The van der Waals surface area contributed by atoms with Gasteiger partial charge in [-0.2, -0.15) is 0 Å². The van der Waals surface area contributed by atoms with Crippen molar-refractivity contribution in [3.05, 3.63) is 60.4 Å². The molecule has 0 aliphatic carbocycles. The molecular weight excluding hydrogens is 338 g/mol. The van der Waals surface area contributed by atoms with Gasteiger partial charge < -0.3 is 15.5 Å². The van der Waals surface area contributed by atoms with E-state index in [1.165, 1.54) is 0 Å². The summed E-state index contributed by atoms with van der Waals surface area (Å²) in [5.74, 6) is 0.693. The van der Waals surface area contributed by atoms with Gasteiger partial charge in [-0.15, -0.1) is 0 Å². The number of amides is 1. The molecule has 6 nitrogen and oxygen atoms in total. The third-order valence-corrected chi connectivity index (χ3v) is 4.56. The van der Waals surface area contributed by atoms with Crippen molar-refractivity contribution in [3.8, 4) is 0 Å². The minimum Gasteiger partial charge on any atom is -0.351 e. The lowest BCUT2D eigenvalue weighted by molar-refractivity contribution is 0.0949. The van der Waals surface area contributed by atoms with Crippen LogP contribution in [0, 0.1) is 0 Å². The van der Waals surface area contributed by atoms with E-state index in [9.17, 15) is 4.79 Å². The zero-order chi connectivity index (χ0) is 19.1. The van der Waals surface area contributed by atoms with Crippen LogP contribution in [0.1, 0.15) is 24.2 Å². The quantitative estimate of drug-likeness (QED) is 0.641. The summed E-state index contributed by atoms with van der Waals surface area (Å²) in [6.45, 7) is 7.73. The maximum Gasteiger partial charge on any atom is 0.251 e. The zero-order valence-corrected chi connectivity index (χ0v) is 15.8. The molecule has 0 spiro atoms. The van der Waals surface area contributed by atoms with Crippen molar-refractivity contribution in [3.63, 3.8) is 0 Å². The van der Waals surface area contributed by atoms with Crippen molar-refractivity contribution in [2.24, 2.45) is 0 Å². The Morgan fingerprint density at radius 2 is 1.74 bits per heavy atom. The van der Waals surface area contributed by atoms with Crippen LogP contribution in [-0.2, 0) is 0 Å². The average Bonchev–Trinajstić information content (AvgIpc) is 2.72. The van der Waals surface area contributed by atoms with Gasteiger partial charge in [0.25, 0.3) is 5.91 Å². The molecule has 27 heavy (non-hydrogen) atoms. The van der Waals surface area contributed by atoms with Crippen LogP contribution >= 0.6 is 0 Å². The van der Waals surface area contributed by atoms with Gasteiger partial charge in [0.2, 0.25) is 0 Å². The van der Waals surface area contributed by atoms with Crippen LogP contribution in [0.25, 0.3) is 10.9 Å².